The molecule has 4 fully saturated rings. The molecule has 4 nitrogen and oxygen atoms in total. The van der Waals surface area contributed by atoms with Crippen molar-refractivity contribution in [3.8, 4) is 0 Å². The molecule has 1 heterocycles. The summed E-state index contributed by atoms with van der Waals surface area (Å²) in [5.74, 6) is 2.94. The van der Waals surface area contributed by atoms with Gasteiger partial charge in [0.1, 0.15) is 6.54 Å². The van der Waals surface area contributed by atoms with E-state index in [4.69, 9.17) is 0 Å². The highest BCUT2D eigenvalue weighted by Crippen LogP contribution is 2.59. The molecule has 1 aromatic rings. The van der Waals surface area contributed by atoms with Crippen LogP contribution in [0.4, 0.5) is 0 Å². The van der Waals surface area contributed by atoms with E-state index in [2.05, 4.69) is 10.4 Å². The average Bonchev–Trinajstić information content (AvgIpc) is 2.73. The molecule has 0 unspecified atom stereocenters. The molecule has 0 spiro atoms. The number of amides is 1. The summed E-state index contributed by atoms with van der Waals surface area (Å²) in [4.78, 5) is 12.3. The lowest BCUT2D eigenvalue weighted by molar-refractivity contribution is -0.124. The summed E-state index contributed by atoms with van der Waals surface area (Å²) in [7, 11) is 0. The Labute approximate surface area is 132 Å². The van der Waals surface area contributed by atoms with E-state index in [1.807, 2.05) is 24.6 Å². The summed E-state index contributed by atoms with van der Waals surface area (Å²) in [5.41, 5.74) is 2.45. The number of aromatic nitrogens is 2. The van der Waals surface area contributed by atoms with Crippen LogP contribution in [0.3, 0.4) is 0 Å². The largest absolute Gasteiger partial charge is 0.354 e. The molecule has 120 valence electrons. The molecule has 4 aliphatic carbocycles. The third kappa shape index (κ3) is 2.57. The first kappa shape index (κ1) is 14.3. The number of rotatable bonds is 4. The van der Waals surface area contributed by atoms with Crippen LogP contribution in [0.1, 0.15) is 49.9 Å². The summed E-state index contributed by atoms with van der Waals surface area (Å²) in [6.45, 7) is 5.21. The van der Waals surface area contributed by atoms with Crippen molar-refractivity contribution in [3.05, 3.63) is 17.5 Å². The molecule has 4 saturated carbocycles. The molecule has 1 N–H and O–H groups in total. The Morgan fingerprint density at radius 3 is 2.32 bits per heavy atom. The molecular formula is C18H27N3O. The summed E-state index contributed by atoms with van der Waals surface area (Å²) in [6.07, 6.45) is 8.41. The minimum atomic E-state index is 0.113. The van der Waals surface area contributed by atoms with Gasteiger partial charge in [0.15, 0.2) is 0 Å². The summed E-state index contributed by atoms with van der Waals surface area (Å²) >= 11 is 0. The number of aryl methyl sites for hydroxylation is 2. The van der Waals surface area contributed by atoms with Crippen LogP contribution in [-0.4, -0.2) is 22.2 Å². The molecule has 1 aromatic heterocycles. The normalized spacial score (nSPS) is 35.8. The van der Waals surface area contributed by atoms with Crippen LogP contribution in [0.2, 0.25) is 0 Å². The fourth-order valence-electron chi connectivity index (χ4n) is 5.82. The predicted octanol–water partition coefficient (Wildman–Crippen LogP) is 2.83. The molecule has 4 heteroatoms. The highest BCUT2D eigenvalue weighted by Gasteiger charge is 2.50. The summed E-state index contributed by atoms with van der Waals surface area (Å²) in [6, 6.07) is 2.02. The molecule has 5 rings (SSSR count). The summed E-state index contributed by atoms with van der Waals surface area (Å²) < 4.78 is 1.81. The van der Waals surface area contributed by atoms with Crippen molar-refractivity contribution in [2.24, 2.45) is 23.2 Å². The first-order chi connectivity index (χ1) is 10.5. The van der Waals surface area contributed by atoms with Crippen molar-refractivity contribution in [1.29, 1.82) is 0 Å². The maximum absolute atomic E-state index is 12.3. The van der Waals surface area contributed by atoms with E-state index in [0.29, 0.717) is 12.0 Å². The van der Waals surface area contributed by atoms with Crippen LogP contribution >= 0.6 is 0 Å². The Morgan fingerprint density at radius 2 is 1.82 bits per heavy atom. The van der Waals surface area contributed by atoms with Gasteiger partial charge in [-0.05, 0) is 81.6 Å². The lowest BCUT2D eigenvalue weighted by Crippen LogP contribution is -2.51. The van der Waals surface area contributed by atoms with Gasteiger partial charge in [0.2, 0.25) is 5.91 Å². The standard InChI is InChI=1S/C18H27N3O/c1-12-3-13(2)21(20-12)10-17(22)19-11-18-7-14-4-15(8-18)6-16(5-14)9-18/h3,14-16H,4-11H2,1-2H3,(H,19,22). The maximum Gasteiger partial charge on any atom is 0.241 e. The molecule has 0 aromatic carbocycles. The lowest BCUT2D eigenvalue weighted by Gasteiger charge is -2.56. The van der Waals surface area contributed by atoms with Gasteiger partial charge in [-0.1, -0.05) is 0 Å². The number of carbonyl (C=O) groups excluding carboxylic acids is 1. The van der Waals surface area contributed by atoms with Gasteiger partial charge < -0.3 is 5.32 Å². The molecule has 4 bridgehead atoms. The van der Waals surface area contributed by atoms with Gasteiger partial charge >= 0.3 is 0 Å². The fourth-order valence-corrected chi connectivity index (χ4v) is 5.82. The van der Waals surface area contributed by atoms with E-state index >= 15 is 0 Å². The van der Waals surface area contributed by atoms with Crippen molar-refractivity contribution in [1.82, 2.24) is 15.1 Å². The van der Waals surface area contributed by atoms with Gasteiger partial charge in [0, 0.05) is 12.2 Å². The second-order valence-electron chi connectivity index (χ2n) is 8.28. The van der Waals surface area contributed by atoms with E-state index in [0.717, 1.165) is 35.7 Å². The molecule has 0 saturated heterocycles. The van der Waals surface area contributed by atoms with Crippen molar-refractivity contribution >= 4 is 5.91 Å². The average molecular weight is 301 g/mol. The van der Waals surface area contributed by atoms with E-state index in [1.165, 1.54) is 38.5 Å². The van der Waals surface area contributed by atoms with Crippen LogP contribution in [0.5, 0.6) is 0 Å². The zero-order chi connectivity index (χ0) is 15.3. The highest BCUT2D eigenvalue weighted by molar-refractivity contribution is 5.75. The Morgan fingerprint density at radius 1 is 1.23 bits per heavy atom. The van der Waals surface area contributed by atoms with Crippen LogP contribution in [0.25, 0.3) is 0 Å². The Balaban J connectivity index is 1.36. The van der Waals surface area contributed by atoms with E-state index in [-0.39, 0.29) is 5.91 Å². The van der Waals surface area contributed by atoms with Gasteiger partial charge in [-0.3, -0.25) is 9.48 Å². The van der Waals surface area contributed by atoms with Gasteiger partial charge in [0.25, 0.3) is 0 Å². The first-order valence-corrected chi connectivity index (χ1v) is 8.79. The van der Waals surface area contributed by atoms with Crippen molar-refractivity contribution in [2.75, 3.05) is 6.54 Å². The third-order valence-electron chi connectivity index (χ3n) is 6.22. The van der Waals surface area contributed by atoms with E-state index < -0.39 is 0 Å². The number of carbonyl (C=O) groups is 1. The van der Waals surface area contributed by atoms with Crippen LogP contribution < -0.4 is 5.32 Å². The van der Waals surface area contributed by atoms with Gasteiger partial charge in [-0.2, -0.15) is 5.10 Å². The topological polar surface area (TPSA) is 46.9 Å². The van der Waals surface area contributed by atoms with Gasteiger partial charge in [0.05, 0.1) is 5.69 Å². The number of nitrogens with zero attached hydrogens (tertiary/aromatic N) is 2. The Hall–Kier alpha value is -1.32. The molecule has 0 radical (unpaired) electrons. The smallest absolute Gasteiger partial charge is 0.241 e. The molecule has 0 atom stereocenters. The molecule has 0 aliphatic heterocycles. The number of hydrogen-bond donors (Lipinski definition) is 1. The van der Waals surface area contributed by atoms with Crippen LogP contribution in [0.15, 0.2) is 6.07 Å². The zero-order valence-electron chi connectivity index (χ0n) is 13.8. The predicted molar refractivity (Wildman–Crippen MR) is 85.3 cm³/mol. The first-order valence-electron chi connectivity index (χ1n) is 8.79. The van der Waals surface area contributed by atoms with Gasteiger partial charge in [-0.25, -0.2) is 0 Å². The van der Waals surface area contributed by atoms with E-state index in [1.54, 1.807) is 0 Å². The van der Waals surface area contributed by atoms with Crippen LogP contribution in [-0.2, 0) is 11.3 Å². The Bertz CT molecular complexity index is 554. The molecule has 4 aliphatic rings. The number of nitrogens with one attached hydrogen (secondary N) is 1. The van der Waals surface area contributed by atoms with Crippen molar-refractivity contribution in [3.63, 3.8) is 0 Å². The van der Waals surface area contributed by atoms with Gasteiger partial charge in [-0.15, -0.1) is 0 Å². The molecule has 22 heavy (non-hydrogen) atoms. The second-order valence-corrected chi connectivity index (χ2v) is 8.28. The fraction of sp³-hybridized carbons (Fsp3) is 0.778. The second kappa shape index (κ2) is 5.10. The SMILES string of the molecule is Cc1cc(C)n(CC(=O)NCC23CC4CC(CC(C4)C2)C3)n1. The monoisotopic (exact) mass is 301 g/mol. The Kier molecular flexibility index (Phi) is 3.31. The maximum atomic E-state index is 12.3. The third-order valence-corrected chi connectivity index (χ3v) is 6.22. The number of hydrogen-bond acceptors (Lipinski definition) is 2. The lowest BCUT2D eigenvalue weighted by atomic mass is 9.49. The highest BCUT2D eigenvalue weighted by atomic mass is 16.2. The minimum absolute atomic E-state index is 0.113. The molecular weight excluding hydrogens is 274 g/mol. The van der Waals surface area contributed by atoms with Crippen LogP contribution in [0, 0.1) is 37.0 Å². The summed E-state index contributed by atoms with van der Waals surface area (Å²) in [5, 5.41) is 7.61. The molecule has 1 amide bonds. The van der Waals surface area contributed by atoms with Crippen molar-refractivity contribution in [2.45, 2.75) is 58.9 Å². The minimum Gasteiger partial charge on any atom is -0.354 e. The van der Waals surface area contributed by atoms with E-state index in [9.17, 15) is 4.79 Å². The quantitative estimate of drug-likeness (QED) is 0.929. The van der Waals surface area contributed by atoms with Crippen molar-refractivity contribution < 1.29 is 4.79 Å². The zero-order valence-corrected chi connectivity index (χ0v) is 13.8.